The largest absolute Gasteiger partial charge is 0.387 e. The molecule has 0 radical (unpaired) electrons. The van der Waals surface area contributed by atoms with E-state index in [-0.39, 0.29) is 0 Å². The molecule has 3 nitrogen and oxygen atoms in total. The summed E-state index contributed by atoms with van der Waals surface area (Å²) in [5, 5.41) is 14.8. The van der Waals surface area contributed by atoms with Crippen molar-refractivity contribution in [1.29, 1.82) is 0 Å². The van der Waals surface area contributed by atoms with Gasteiger partial charge in [0.15, 0.2) is 0 Å². The summed E-state index contributed by atoms with van der Waals surface area (Å²) in [6.07, 6.45) is 0.777. The Morgan fingerprint density at radius 1 is 1.47 bits per heavy atom. The molecule has 1 aromatic carbocycles. The number of aliphatic hydroxyl groups is 1. The van der Waals surface area contributed by atoms with Crippen molar-refractivity contribution in [2.75, 3.05) is 0 Å². The van der Waals surface area contributed by atoms with Gasteiger partial charge in [-0.1, -0.05) is 35.1 Å². The summed E-state index contributed by atoms with van der Waals surface area (Å²) in [6.45, 7) is 2.01. The third kappa shape index (κ3) is 3.03. The van der Waals surface area contributed by atoms with E-state index in [4.69, 9.17) is 11.6 Å². The Morgan fingerprint density at radius 3 is 3.00 bits per heavy atom. The van der Waals surface area contributed by atoms with Crippen LogP contribution in [0.1, 0.15) is 29.2 Å². The molecule has 2 aromatic rings. The molecule has 0 fully saturated rings. The minimum Gasteiger partial charge on any atom is -0.387 e. The molecule has 0 aliphatic rings. The van der Waals surface area contributed by atoms with Crippen LogP contribution in [0.4, 0.5) is 0 Å². The third-order valence-corrected chi connectivity index (χ3v) is 3.64. The van der Waals surface area contributed by atoms with Crippen LogP contribution in [0.15, 0.2) is 24.3 Å². The predicted molar refractivity (Wildman–Crippen MR) is 69.4 cm³/mol. The molecule has 1 atom stereocenters. The van der Waals surface area contributed by atoms with Gasteiger partial charge in [0.05, 0.1) is 16.7 Å². The number of nitrogens with zero attached hydrogens (tertiary/aromatic N) is 2. The lowest BCUT2D eigenvalue weighted by Gasteiger charge is -2.09. The standard InChI is InChI=1S/C12H13ClN2OS/c1-2-10-12(17-15-14-10)11(16)7-8-4-3-5-9(13)6-8/h3-6,11,16H,2,7H2,1H3. The van der Waals surface area contributed by atoms with E-state index in [1.807, 2.05) is 31.2 Å². The van der Waals surface area contributed by atoms with Gasteiger partial charge in [0.1, 0.15) is 0 Å². The molecule has 90 valence electrons. The van der Waals surface area contributed by atoms with Crippen molar-refractivity contribution in [2.45, 2.75) is 25.9 Å². The molecular weight excluding hydrogens is 256 g/mol. The number of benzene rings is 1. The molecule has 2 rings (SSSR count). The zero-order valence-corrected chi connectivity index (χ0v) is 11.0. The van der Waals surface area contributed by atoms with Gasteiger partial charge in [0.2, 0.25) is 0 Å². The van der Waals surface area contributed by atoms with Crippen molar-refractivity contribution in [3.05, 3.63) is 45.4 Å². The van der Waals surface area contributed by atoms with Crippen LogP contribution < -0.4 is 0 Å². The first-order chi connectivity index (χ1) is 8.20. The summed E-state index contributed by atoms with van der Waals surface area (Å²) in [4.78, 5) is 0.854. The Morgan fingerprint density at radius 2 is 2.29 bits per heavy atom. The lowest BCUT2D eigenvalue weighted by Crippen LogP contribution is -2.02. The number of halogens is 1. The molecule has 1 unspecified atom stereocenters. The minimum atomic E-state index is -0.552. The molecule has 1 N–H and O–H groups in total. The maximum atomic E-state index is 10.2. The van der Waals surface area contributed by atoms with Crippen molar-refractivity contribution in [2.24, 2.45) is 0 Å². The Bertz CT molecular complexity index is 501. The first kappa shape index (κ1) is 12.5. The molecule has 0 aliphatic heterocycles. The average Bonchev–Trinajstić information content (AvgIpc) is 2.77. The van der Waals surface area contributed by atoms with Crippen molar-refractivity contribution < 1.29 is 5.11 Å². The molecular formula is C12H13ClN2OS. The van der Waals surface area contributed by atoms with Gasteiger partial charge in [0, 0.05) is 11.4 Å². The molecule has 1 heterocycles. The fraction of sp³-hybridized carbons (Fsp3) is 0.333. The zero-order chi connectivity index (χ0) is 12.3. The molecule has 1 aromatic heterocycles. The van der Waals surface area contributed by atoms with Gasteiger partial charge in [-0.05, 0) is 35.6 Å². The number of aliphatic hydroxyl groups excluding tert-OH is 1. The summed E-state index contributed by atoms with van der Waals surface area (Å²) in [5.74, 6) is 0. The SMILES string of the molecule is CCc1nnsc1C(O)Cc1cccc(Cl)c1. The monoisotopic (exact) mass is 268 g/mol. The second-order valence-corrected chi connectivity index (χ2v) is 5.01. The Kier molecular flexibility index (Phi) is 4.10. The second kappa shape index (κ2) is 5.58. The van der Waals surface area contributed by atoms with Gasteiger partial charge in [-0.2, -0.15) is 0 Å². The molecule has 0 amide bonds. The molecule has 0 saturated heterocycles. The van der Waals surface area contributed by atoms with E-state index in [0.29, 0.717) is 11.4 Å². The smallest absolute Gasteiger partial charge is 0.0957 e. The summed E-state index contributed by atoms with van der Waals surface area (Å²) in [6, 6.07) is 7.53. The van der Waals surface area contributed by atoms with Crippen LogP contribution in [0.3, 0.4) is 0 Å². The molecule has 17 heavy (non-hydrogen) atoms. The fourth-order valence-electron chi connectivity index (χ4n) is 1.69. The first-order valence-electron chi connectivity index (χ1n) is 5.44. The first-order valence-corrected chi connectivity index (χ1v) is 6.59. The summed E-state index contributed by atoms with van der Waals surface area (Å²) in [5.41, 5.74) is 1.89. The molecule has 5 heteroatoms. The van der Waals surface area contributed by atoms with Crippen molar-refractivity contribution in [3.63, 3.8) is 0 Å². The maximum absolute atomic E-state index is 10.2. The highest BCUT2D eigenvalue weighted by Crippen LogP contribution is 2.25. The van der Waals surface area contributed by atoms with Gasteiger partial charge in [-0.15, -0.1) is 5.10 Å². The van der Waals surface area contributed by atoms with Crippen molar-refractivity contribution in [1.82, 2.24) is 9.59 Å². The van der Waals surface area contributed by atoms with E-state index >= 15 is 0 Å². The lowest BCUT2D eigenvalue weighted by atomic mass is 10.1. The highest BCUT2D eigenvalue weighted by atomic mass is 35.5. The third-order valence-electron chi connectivity index (χ3n) is 2.54. The Labute approximate surface area is 109 Å². The molecule has 0 bridgehead atoms. The Balaban J connectivity index is 2.14. The molecule has 0 spiro atoms. The lowest BCUT2D eigenvalue weighted by molar-refractivity contribution is 0.181. The maximum Gasteiger partial charge on any atom is 0.0957 e. The van der Waals surface area contributed by atoms with Crippen LogP contribution in [0.25, 0.3) is 0 Å². The summed E-state index contributed by atoms with van der Waals surface area (Å²) in [7, 11) is 0. The van der Waals surface area contributed by atoms with Gasteiger partial charge in [-0.3, -0.25) is 0 Å². The molecule has 0 aliphatic carbocycles. The second-order valence-electron chi connectivity index (χ2n) is 3.79. The van der Waals surface area contributed by atoms with E-state index in [9.17, 15) is 5.11 Å². The quantitative estimate of drug-likeness (QED) is 0.927. The summed E-state index contributed by atoms with van der Waals surface area (Å²) < 4.78 is 3.88. The highest BCUT2D eigenvalue weighted by Gasteiger charge is 2.16. The van der Waals surface area contributed by atoms with Crippen LogP contribution >= 0.6 is 23.1 Å². The van der Waals surface area contributed by atoms with Crippen LogP contribution in [-0.2, 0) is 12.8 Å². The number of hydrogen-bond acceptors (Lipinski definition) is 4. The van der Waals surface area contributed by atoms with Gasteiger partial charge >= 0.3 is 0 Å². The van der Waals surface area contributed by atoms with Gasteiger partial charge < -0.3 is 5.11 Å². The summed E-state index contributed by atoms with van der Waals surface area (Å²) >= 11 is 7.17. The van der Waals surface area contributed by atoms with Crippen LogP contribution in [-0.4, -0.2) is 14.7 Å². The number of aromatic nitrogens is 2. The number of hydrogen-bond donors (Lipinski definition) is 1. The normalized spacial score (nSPS) is 12.6. The average molecular weight is 269 g/mol. The van der Waals surface area contributed by atoms with Crippen molar-refractivity contribution in [3.8, 4) is 0 Å². The minimum absolute atomic E-state index is 0.539. The fourth-order valence-corrected chi connectivity index (χ4v) is 2.63. The van der Waals surface area contributed by atoms with Crippen LogP contribution in [0, 0.1) is 0 Å². The van der Waals surface area contributed by atoms with E-state index in [0.717, 1.165) is 22.6 Å². The van der Waals surface area contributed by atoms with Crippen molar-refractivity contribution >= 4 is 23.1 Å². The number of aryl methyl sites for hydroxylation is 1. The van der Waals surface area contributed by atoms with E-state index in [1.54, 1.807) is 0 Å². The topological polar surface area (TPSA) is 46.0 Å². The van der Waals surface area contributed by atoms with E-state index in [1.165, 1.54) is 11.5 Å². The van der Waals surface area contributed by atoms with Gasteiger partial charge in [-0.25, -0.2) is 0 Å². The van der Waals surface area contributed by atoms with Crippen LogP contribution in [0.5, 0.6) is 0 Å². The van der Waals surface area contributed by atoms with E-state index in [2.05, 4.69) is 9.59 Å². The Hall–Kier alpha value is -0.970. The van der Waals surface area contributed by atoms with Gasteiger partial charge in [0.25, 0.3) is 0 Å². The predicted octanol–water partition coefficient (Wildman–Crippen LogP) is 3.03. The van der Waals surface area contributed by atoms with E-state index < -0.39 is 6.10 Å². The molecule has 0 saturated carbocycles. The highest BCUT2D eigenvalue weighted by molar-refractivity contribution is 7.05. The van der Waals surface area contributed by atoms with Crippen LogP contribution in [0.2, 0.25) is 5.02 Å². The number of rotatable bonds is 4. The zero-order valence-electron chi connectivity index (χ0n) is 9.43.